The summed E-state index contributed by atoms with van der Waals surface area (Å²) in [5.41, 5.74) is 10.9. The predicted octanol–water partition coefficient (Wildman–Crippen LogP) is 6.87. The number of halogens is 2. The van der Waals surface area contributed by atoms with Gasteiger partial charge < -0.3 is 25.1 Å². The number of methoxy groups -OCH3 is 1. The molecule has 5 aromatic rings. The number of carbonyl (C=O) groups excluding carboxylic acids is 2. The molecular formula is C34H30Cl2N4O4. The molecule has 224 valence electrons. The van der Waals surface area contributed by atoms with Crippen LogP contribution in [0.5, 0.6) is 11.5 Å². The van der Waals surface area contributed by atoms with Crippen LogP contribution in [0.4, 0.5) is 0 Å². The van der Waals surface area contributed by atoms with E-state index < -0.39 is 6.04 Å². The van der Waals surface area contributed by atoms with Gasteiger partial charge in [0.15, 0.2) is 5.78 Å². The summed E-state index contributed by atoms with van der Waals surface area (Å²) in [5, 5.41) is 4.20. The quantitative estimate of drug-likeness (QED) is 0.163. The highest BCUT2D eigenvalue weighted by Crippen LogP contribution is 2.36. The van der Waals surface area contributed by atoms with Crippen LogP contribution in [-0.2, 0) is 11.4 Å². The fourth-order valence-electron chi connectivity index (χ4n) is 4.84. The first kappa shape index (κ1) is 30.8. The lowest BCUT2D eigenvalue weighted by molar-refractivity contribution is -0.115. The number of hydrogen-bond acceptors (Lipinski definition) is 6. The number of ether oxygens (including phenoxy) is 2. The molecule has 2 heterocycles. The molecule has 0 spiro atoms. The SMILES string of the molecule is CNC(=O)c1ccc(/C=C/C(=O)C(N)c2cccn2-c2ccc(Cl)c(COc3cccc4c(OC)cc(C)nc34)c2Cl)cc1. The number of pyridine rings is 1. The van der Waals surface area contributed by atoms with E-state index in [1.165, 1.54) is 6.08 Å². The molecule has 0 radical (unpaired) electrons. The molecule has 0 fully saturated rings. The van der Waals surface area contributed by atoms with Gasteiger partial charge in [0.05, 0.1) is 17.8 Å². The Morgan fingerprint density at radius 1 is 1.05 bits per heavy atom. The number of nitrogens with one attached hydrogen (secondary N) is 1. The zero-order valence-electron chi connectivity index (χ0n) is 24.3. The molecule has 44 heavy (non-hydrogen) atoms. The number of carbonyl (C=O) groups is 2. The van der Waals surface area contributed by atoms with Crippen molar-refractivity contribution in [2.75, 3.05) is 14.2 Å². The fraction of sp³-hybridized carbons (Fsp3) is 0.147. The maximum Gasteiger partial charge on any atom is 0.251 e. The Morgan fingerprint density at radius 3 is 2.55 bits per heavy atom. The Hall–Kier alpha value is -4.63. The van der Waals surface area contributed by atoms with Gasteiger partial charge in [0.25, 0.3) is 5.91 Å². The molecule has 1 amide bonds. The van der Waals surface area contributed by atoms with E-state index in [4.69, 9.17) is 38.4 Å². The van der Waals surface area contributed by atoms with Crippen molar-refractivity contribution in [3.05, 3.63) is 123 Å². The molecule has 1 atom stereocenters. The minimum absolute atomic E-state index is 0.0750. The lowest BCUT2D eigenvalue weighted by Gasteiger charge is -2.18. The third-order valence-corrected chi connectivity index (χ3v) is 7.93. The number of hydrogen-bond donors (Lipinski definition) is 2. The molecule has 1 unspecified atom stereocenters. The Kier molecular flexibility index (Phi) is 9.35. The molecule has 8 nitrogen and oxygen atoms in total. The Balaban J connectivity index is 1.38. The topological polar surface area (TPSA) is 108 Å². The standard InChI is InChI=1S/C34H30Cl2N4O4/c1-20-18-30(43-3)23-6-4-8-29(33(23)39-20)44-19-24-25(35)14-15-26(31(24)36)40-17-5-7-27(40)32(37)28(41)16-11-21-9-12-22(13-10-21)34(42)38-2/h4-18,32H,19,37H2,1-3H3,(H,38,42)/b16-11+. The van der Waals surface area contributed by atoms with Crippen LogP contribution in [0, 0.1) is 6.92 Å². The number of aromatic nitrogens is 2. The van der Waals surface area contributed by atoms with E-state index in [-0.39, 0.29) is 18.3 Å². The van der Waals surface area contributed by atoms with Crippen LogP contribution in [0.1, 0.15) is 38.9 Å². The number of nitrogens with zero attached hydrogens (tertiary/aromatic N) is 2. The average molecular weight is 630 g/mol. The van der Waals surface area contributed by atoms with Crippen LogP contribution in [0.2, 0.25) is 10.0 Å². The van der Waals surface area contributed by atoms with Crippen LogP contribution in [0.25, 0.3) is 22.7 Å². The molecule has 0 aliphatic heterocycles. The maximum absolute atomic E-state index is 13.1. The Labute approximate surface area is 265 Å². The zero-order chi connectivity index (χ0) is 31.4. The van der Waals surface area contributed by atoms with E-state index >= 15 is 0 Å². The van der Waals surface area contributed by atoms with Crippen molar-refractivity contribution >= 4 is 51.9 Å². The summed E-state index contributed by atoms with van der Waals surface area (Å²) in [6.07, 6.45) is 4.87. The third kappa shape index (κ3) is 6.33. The Morgan fingerprint density at radius 2 is 1.82 bits per heavy atom. The van der Waals surface area contributed by atoms with Gasteiger partial charge in [-0.25, -0.2) is 4.98 Å². The van der Waals surface area contributed by atoms with Gasteiger partial charge in [-0.05, 0) is 67.1 Å². The van der Waals surface area contributed by atoms with Gasteiger partial charge in [-0.2, -0.15) is 0 Å². The summed E-state index contributed by atoms with van der Waals surface area (Å²) in [5.74, 6) is 0.779. The van der Waals surface area contributed by atoms with Crippen LogP contribution >= 0.6 is 23.2 Å². The second kappa shape index (κ2) is 13.3. The van der Waals surface area contributed by atoms with E-state index in [9.17, 15) is 9.59 Å². The van der Waals surface area contributed by atoms with Crippen molar-refractivity contribution in [3.63, 3.8) is 0 Å². The monoisotopic (exact) mass is 628 g/mol. The maximum atomic E-state index is 13.1. The molecule has 5 rings (SSSR count). The van der Waals surface area contributed by atoms with E-state index in [0.717, 1.165) is 16.6 Å². The molecule has 3 N–H and O–H groups in total. The second-order valence-corrected chi connectivity index (χ2v) is 10.8. The first-order valence-electron chi connectivity index (χ1n) is 13.7. The molecule has 0 aliphatic carbocycles. The van der Waals surface area contributed by atoms with Crippen molar-refractivity contribution in [2.45, 2.75) is 19.6 Å². The summed E-state index contributed by atoms with van der Waals surface area (Å²) in [7, 11) is 3.19. The highest BCUT2D eigenvalue weighted by Gasteiger charge is 2.21. The highest BCUT2D eigenvalue weighted by molar-refractivity contribution is 6.37. The van der Waals surface area contributed by atoms with E-state index in [0.29, 0.717) is 49.6 Å². The molecule has 0 aliphatic rings. The number of nitrogens with two attached hydrogens (primary N) is 1. The van der Waals surface area contributed by atoms with E-state index in [1.54, 1.807) is 79.5 Å². The molecule has 2 aromatic heterocycles. The Bertz CT molecular complexity index is 1880. The van der Waals surface area contributed by atoms with Gasteiger partial charge in [0.2, 0.25) is 0 Å². The number of rotatable bonds is 10. The molecule has 0 saturated heterocycles. The van der Waals surface area contributed by atoms with Crippen molar-refractivity contribution in [2.24, 2.45) is 5.73 Å². The normalized spacial score (nSPS) is 12.0. The molecule has 10 heteroatoms. The van der Waals surface area contributed by atoms with Crippen molar-refractivity contribution in [1.82, 2.24) is 14.9 Å². The van der Waals surface area contributed by atoms with E-state index in [1.807, 2.05) is 31.2 Å². The smallest absolute Gasteiger partial charge is 0.251 e. The lowest BCUT2D eigenvalue weighted by Crippen LogP contribution is -2.22. The van der Waals surface area contributed by atoms with Gasteiger partial charge in [0.1, 0.15) is 29.7 Å². The first-order valence-corrected chi connectivity index (χ1v) is 14.5. The summed E-state index contributed by atoms with van der Waals surface area (Å²) < 4.78 is 13.5. The number of para-hydroxylation sites is 1. The van der Waals surface area contributed by atoms with Gasteiger partial charge >= 0.3 is 0 Å². The molecule has 3 aromatic carbocycles. The van der Waals surface area contributed by atoms with Crippen molar-refractivity contribution < 1.29 is 19.1 Å². The van der Waals surface area contributed by atoms with Crippen molar-refractivity contribution in [3.8, 4) is 17.2 Å². The molecular weight excluding hydrogens is 599 g/mol. The largest absolute Gasteiger partial charge is 0.496 e. The number of aryl methyl sites for hydroxylation is 1. The highest BCUT2D eigenvalue weighted by atomic mass is 35.5. The lowest BCUT2D eigenvalue weighted by atomic mass is 10.1. The summed E-state index contributed by atoms with van der Waals surface area (Å²) in [6, 6.07) is 20.5. The first-order chi connectivity index (χ1) is 21.2. The van der Waals surface area contributed by atoms with Crippen LogP contribution in [0.15, 0.2) is 85.1 Å². The number of ketones is 1. The third-order valence-electron chi connectivity index (χ3n) is 7.16. The van der Waals surface area contributed by atoms with Crippen LogP contribution in [-0.4, -0.2) is 35.4 Å². The van der Waals surface area contributed by atoms with Gasteiger partial charge in [0, 0.05) is 52.2 Å². The van der Waals surface area contributed by atoms with Crippen molar-refractivity contribution in [1.29, 1.82) is 0 Å². The van der Waals surface area contributed by atoms with Gasteiger partial charge in [-0.1, -0.05) is 47.5 Å². The number of benzene rings is 3. The summed E-state index contributed by atoms with van der Waals surface area (Å²) in [6.45, 7) is 1.97. The van der Waals surface area contributed by atoms with Crippen LogP contribution < -0.4 is 20.5 Å². The van der Waals surface area contributed by atoms with Gasteiger partial charge in [-0.15, -0.1) is 0 Å². The molecule has 0 bridgehead atoms. The van der Waals surface area contributed by atoms with E-state index in [2.05, 4.69) is 10.3 Å². The molecule has 0 saturated carbocycles. The number of amides is 1. The minimum Gasteiger partial charge on any atom is -0.496 e. The zero-order valence-corrected chi connectivity index (χ0v) is 25.8. The summed E-state index contributed by atoms with van der Waals surface area (Å²) >= 11 is 13.5. The van der Waals surface area contributed by atoms with Crippen LogP contribution in [0.3, 0.4) is 0 Å². The average Bonchev–Trinajstić information content (AvgIpc) is 3.52. The second-order valence-electron chi connectivity index (χ2n) is 9.98. The minimum atomic E-state index is -0.960. The van der Waals surface area contributed by atoms with Gasteiger partial charge in [-0.3, -0.25) is 9.59 Å². The predicted molar refractivity (Wildman–Crippen MR) is 174 cm³/mol. The summed E-state index contributed by atoms with van der Waals surface area (Å²) in [4.78, 5) is 29.5. The fourth-order valence-corrected chi connectivity index (χ4v) is 5.41. The number of fused-ring (bicyclic) bond motifs is 1.